The van der Waals surface area contributed by atoms with E-state index < -0.39 is 5.92 Å². The molecule has 2 unspecified atom stereocenters. The lowest BCUT2D eigenvalue weighted by molar-refractivity contribution is 0.00274. The summed E-state index contributed by atoms with van der Waals surface area (Å²) in [6.07, 6.45) is 3.42. The number of hydrogen-bond acceptors (Lipinski definition) is 2. The van der Waals surface area contributed by atoms with Crippen molar-refractivity contribution in [3.05, 3.63) is 0 Å². The molecular formula is C13H24F2N2. The SMILES string of the molecule is CNCC1CCCN(CC2CCC(F)(F)C2)C1. The molecule has 0 aromatic rings. The highest BCUT2D eigenvalue weighted by Gasteiger charge is 2.40. The third-order valence-electron chi connectivity index (χ3n) is 4.12. The molecule has 0 bridgehead atoms. The van der Waals surface area contributed by atoms with Gasteiger partial charge >= 0.3 is 0 Å². The number of rotatable bonds is 4. The van der Waals surface area contributed by atoms with Crippen molar-refractivity contribution in [3.8, 4) is 0 Å². The van der Waals surface area contributed by atoms with Gasteiger partial charge in [-0.3, -0.25) is 0 Å². The standard InChI is InChI=1S/C13H24F2N2/c1-16-8-12-3-2-6-17(10-12)9-11-4-5-13(14,15)7-11/h11-12,16H,2-10H2,1H3. The minimum Gasteiger partial charge on any atom is -0.319 e. The zero-order valence-electron chi connectivity index (χ0n) is 10.7. The molecule has 1 saturated carbocycles. The van der Waals surface area contributed by atoms with Crippen LogP contribution in [0, 0.1) is 11.8 Å². The fraction of sp³-hybridized carbons (Fsp3) is 1.00. The predicted octanol–water partition coefficient (Wildman–Crippen LogP) is 2.35. The van der Waals surface area contributed by atoms with E-state index in [4.69, 9.17) is 0 Å². The van der Waals surface area contributed by atoms with E-state index in [1.807, 2.05) is 7.05 Å². The molecule has 17 heavy (non-hydrogen) atoms. The molecule has 1 N–H and O–H groups in total. The van der Waals surface area contributed by atoms with E-state index in [1.165, 1.54) is 12.8 Å². The van der Waals surface area contributed by atoms with Crippen LogP contribution < -0.4 is 5.32 Å². The molecule has 2 aliphatic rings. The van der Waals surface area contributed by atoms with Gasteiger partial charge in [0.25, 0.3) is 0 Å². The monoisotopic (exact) mass is 246 g/mol. The molecule has 4 heteroatoms. The summed E-state index contributed by atoms with van der Waals surface area (Å²) in [6, 6.07) is 0. The number of hydrogen-bond donors (Lipinski definition) is 1. The third kappa shape index (κ3) is 3.88. The largest absolute Gasteiger partial charge is 0.319 e. The molecule has 0 aromatic carbocycles. The first kappa shape index (κ1) is 13.2. The van der Waals surface area contributed by atoms with Crippen LogP contribution in [0.15, 0.2) is 0 Å². The Morgan fingerprint density at radius 2 is 2.12 bits per heavy atom. The summed E-state index contributed by atoms with van der Waals surface area (Å²) in [6.45, 7) is 4.12. The molecule has 2 atom stereocenters. The van der Waals surface area contributed by atoms with Crippen molar-refractivity contribution in [2.75, 3.05) is 33.2 Å². The Morgan fingerprint density at radius 1 is 1.29 bits per heavy atom. The predicted molar refractivity (Wildman–Crippen MR) is 65.4 cm³/mol. The summed E-state index contributed by atoms with van der Waals surface area (Å²) in [5.74, 6) is -1.46. The number of nitrogens with one attached hydrogen (secondary N) is 1. The summed E-state index contributed by atoms with van der Waals surface area (Å²) in [5.41, 5.74) is 0. The van der Waals surface area contributed by atoms with Crippen LogP contribution >= 0.6 is 0 Å². The van der Waals surface area contributed by atoms with Gasteiger partial charge in [0.1, 0.15) is 0 Å². The second-order valence-electron chi connectivity index (χ2n) is 5.79. The quantitative estimate of drug-likeness (QED) is 0.819. The van der Waals surface area contributed by atoms with E-state index in [0.29, 0.717) is 12.3 Å². The Labute approximate surface area is 103 Å². The van der Waals surface area contributed by atoms with E-state index in [2.05, 4.69) is 10.2 Å². The van der Waals surface area contributed by atoms with Crippen molar-refractivity contribution in [3.63, 3.8) is 0 Å². The normalized spacial score (nSPS) is 34.1. The highest BCUT2D eigenvalue weighted by Crippen LogP contribution is 2.39. The Morgan fingerprint density at radius 3 is 2.76 bits per heavy atom. The fourth-order valence-corrected chi connectivity index (χ4v) is 3.34. The highest BCUT2D eigenvalue weighted by atomic mass is 19.3. The van der Waals surface area contributed by atoms with E-state index in [1.54, 1.807) is 0 Å². The maximum atomic E-state index is 13.1. The molecule has 1 aliphatic carbocycles. The fourth-order valence-electron chi connectivity index (χ4n) is 3.34. The number of piperidine rings is 1. The summed E-state index contributed by atoms with van der Waals surface area (Å²) >= 11 is 0. The van der Waals surface area contributed by atoms with Gasteiger partial charge < -0.3 is 10.2 Å². The van der Waals surface area contributed by atoms with Gasteiger partial charge in [-0.15, -0.1) is 0 Å². The maximum absolute atomic E-state index is 13.1. The summed E-state index contributed by atoms with van der Waals surface area (Å²) in [4.78, 5) is 2.40. The molecule has 2 fully saturated rings. The van der Waals surface area contributed by atoms with Gasteiger partial charge in [0.05, 0.1) is 0 Å². The number of nitrogens with zero attached hydrogens (tertiary/aromatic N) is 1. The summed E-state index contributed by atoms with van der Waals surface area (Å²) in [5, 5.41) is 3.22. The first-order valence-corrected chi connectivity index (χ1v) is 6.84. The average Bonchev–Trinajstić information content (AvgIpc) is 2.59. The topological polar surface area (TPSA) is 15.3 Å². The molecule has 0 amide bonds. The van der Waals surface area contributed by atoms with Crippen molar-refractivity contribution in [2.24, 2.45) is 11.8 Å². The van der Waals surface area contributed by atoms with Gasteiger partial charge in [0.2, 0.25) is 5.92 Å². The Balaban J connectivity index is 1.75. The highest BCUT2D eigenvalue weighted by molar-refractivity contribution is 4.84. The van der Waals surface area contributed by atoms with Gasteiger partial charge in [-0.25, -0.2) is 8.78 Å². The van der Waals surface area contributed by atoms with Gasteiger partial charge in [-0.1, -0.05) is 0 Å². The van der Waals surface area contributed by atoms with E-state index in [-0.39, 0.29) is 18.8 Å². The summed E-state index contributed by atoms with van der Waals surface area (Å²) < 4.78 is 26.2. The molecule has 2 nitrogen and oxygen atoms in total. The lowest BCUT2D eigenvalue weighted by Gasteiger charge is -2.34. The van der Waals surface area contributed by atoms with Crippen molar-refractivity contribution in [2.45, 2.75) is 38.0 Å². The average molecular weight is 246 g/mol. The van der Waals surface area contributed by atoms with Gasteiger partial charge in [-0.2, -0.15) is 0 Å². The van der Waals surface area contributed by atoms with Crippen LogP contribution in [0.3, 0.4) is 0 Å². The van der Waals surface area contributed by atoms with Crippen LogP contribution in [-0.4, -0.2) is 44.0 Å². The Bertz CT molecular complexity index is 244. The zero-order chi connectivity index (χ0) is 12.3. The van der Waals surface area contributed by atoms with Gasteiger partial charge in [-0.05, 0) is 51.2 Å². The first-order chi connectivity index (χ1) is 8.09. The molecule has 2 rings (SSSR count). The van der Waals surface area contributed by atoms with E-state index in [0.717, 1.165) is 26.2 Å². The number of halogens is 2. The Kier molecular flexibility index (Phi) is 4.36. The number of alkyl halides is 2. The van der Waals surface area contributed by atoms with Crippen molar-refractivity contribution in [1.29, 1.82) is 0 Å². The minimum atomic E-state index is -2.38. The molecule has 0 radical (unpaired) electrons. The maximum Gasteiger partial charge on any atom is 0.248 e. The van der Waals surface area contributed by atoms with Crippen LogP contribution in [0.25, 0.3) is 0 Å². The molecular weight excluding hydrogens is 222 g/mol. The Hall–Kier alpha value is -0.220. The van der Waals surface area contributed by atoms with Gasteiger partial charge in [0.15, 0.2) is 0 Å². The van der Waals surface area contributed by atoms with Gasteiger partial charge in [0, 0.05) is 25.9 Å². The number of likely N-dealkylation sites (tertiary alicyclic amines) is 1. The van der Waals surface area contributed by atoms with E-state index in [9.17, 15) is 8.78 Å². The second-order valence-corrected chi connectivity index (χ2v) is 5.79. The molecule has 0 spiro atoms. The second kappa shape index (κ2) is 5.61. The molecule has 0 aromatic heterocycles. The summed E-state index contributed by atoms with van der Waals surface area (Å²) in [7, 11) is 1.98. The van der Waals surface area contributed by atoms with Crippen LogP contribution in [0.5, 0.6) is 0 Å². The third-order valence-corrected chi connectivity index (χ3v) is 4.12. The molecule has 1 saturated heterocycles. The van der Waals surface area contributed by atoms with Crippen LogP contribution in [-0.2, 0) is 0 Å². The van der Waals surface area contributed by atoms with Crippen molar-refractivity contribution in [1.82, 2.24) is 10.2 Å². The minimum absolute atomic E-state index is 0.103. The van der Waals surface area contributed by atoms with Crippen LogP contribution in [0.1, 0.15) is 32.1 Å². The van der Waals surface area contributed by atoms with Crippen LogP contribution in [0.4, 0.5) is 8.78 Å². The smallest absolute Gasteiger partial charge is 0.248 e. The first-order valence-electron chi connectivity index (χ1n) is 6.84. The molecule has 1 aliphatic heterocycles. The lowest BCUT2D eigenvalue weighted by atomic mass is 9.96. The van der Waals surface area contributed by atoms with E-state index >= 15 is 0 Å². The lowest BCUT2D eigenvalue weighted by Crippen LogP contribution is -2.41. The van der Waals surface area contributed by atoms with Crippen molar-refractivity contribution < 1.29 is 8.78 Å². The zero-order valence-corrected chi connectivity index (χ0v) is 10.7. The van der Waals surface area contributed by atoms with Crippen molar-refractivity contribution >= 4 is 0 Å². The van der Waals surface area contributed by atoms with Crippen LogP contribution in [0.2, 0.25) is 0 Å². The molecule has 100 valence electrons. The molecule has 1 heterocycles.